The van der Waals surface area contributed by atoms with Crippen LogP contribution in [0.4, 0.5) is 0 Å². The predicted octanol–water partition coefficient (Wildman–Crippen LogP) is 5.45. The number of hydrogen-bond donors (Lipinski definition) is 0. The highest BCUT2D eigenvalue weighted by Gasteiger charge is 2.13. The Labute approximate surface area is 111 Å². The van der Waals surface area contributed by atoms with Crippen LogP contribution in [-0.2, 0) is 6.42 Å². The van der Waals surface area contributed by atoms with Gasteiger partial charge in [0.1, 0.15) is 0 Å². The minimum atomic E-state index is 0.774. The lowest BCUT2D eigenvalue weighted by atomic mass is 9.85. The molecule has 0 aliphatic carbocycles. The second-order valence-corrected chi connectivity index (χ2v) is 5.68. The van der Waals surface area contributed by atoms with Crippen LogP contribution >= 0.6 is 0 Å². The number of benzene rings is 2. The average molecular weight is 240 g/mol. The summed E-state index contributed by atoms with van der Waals surface area (Å²) >= 11 is 0. The summed E-state index contributed by atoms with van der Waals surface area (Å²) in [5.74, 6) is 1.59. The molecule has 1 atom stereocenters. The summed E-state index contributed by atoms with van der Waals surface area (Å²) in [6.45, 7) is 6.98. The van der Waals surface area contributed by atoms with Crippen LogP contribution in [0.15, 0.2) is 42.5 Å². The molecule has 0 heteroatoms. The Morgan fingerprint density at radius 2 is 1.67 bits per heavy atom. The van der Waals surface area contributed by atoms with E-state index in [1.165, 1.54) is 35.6 Å². The minimum Gasteiger partial charge on any atom is -0.0654 e. The third-order valence-corrected chi connectivity index (χ3v) is 3.91. The lowest BCUT2D eigenvalue weighted by Gasteiger charge is -2.20. The van der Waals surface area contributed by atoms with Crippen molar-refractivity contribution in [1.82, 2.24) is 0 Å². The lowest BCUT2D eigenvalue weighted by molar-refractivity contribution is 0.354. The molecule has 0 aliphatic heterocycles. The Balaban J connectivity index is 2.20. The molecule has 18 heavy (non-hydrogen) atoms. The van der Waals surface area contributed by atoms with Crippen molar-refractivity contribution in [2.45, 2.75) is 40.0 Å². The molecule has 96 valence electrons. The maximum absolute atomic E-state index is 2.36. The molecule has 0 heterocycles. The summed E-state index contributed by atoms with van der Waals surface area (Å²) < 4.78 is 0. The van der Waals surface area contributed by atoms with Gasteiger partial charge in [0.15, 0.2) is 0 Å². The maximum Gasteiger partial charge on any atom is -0.0181 e. The van der Waals surface area contributed by atoms with E-state index in [0.29, 0.717) is 0 Å². The highest BCUT2D eigenvalue weighted by molar-refractivity contribution is 5.82. The van der Waals surface area contributed by atoms with E-state index in [-0.39, 0.29) is 0 Å². The van der Waals surface area contributed by atoms with Gasteiger partial charge in [0.05, 0.1) is 0 Å². The maximum atomic E-state index is 2.36. The Bertz CT molecular complexity index is 496. The van der Waals surface area contributed by atoms with Crippen molar-refractivity contribution in [3.05, 3.63) is 48.0 Å². The van der Waals surface area contributed by atoms with Crippen molar-refractivity contribution in [2.24, 2.45) is 11.8 Å². The van der Waals surface area contributed by atoms with E-state index in [1.807, 2.05) is 0 Å². The van der Waals surface area contributed by atoms with E-state index in [0.717, 1.165) is 11.8 Å². The fourth-order valence-electron chi connectivity index (χ4n) is 2.71. The van der Waals surface area contributed by atoms with Gasteiger partial charge in [-0.3, -0.25) is 0 Å². The van der Waals surface area contributed by atoms with E-state index in [2.05, 4.69) is 63.2 Å². The first kappa shape index (κ1) is 13.1. The quantitative estimate of drug-likeness (QED) is 0.651. The molecule has 2 aromatic rings. The smallest absolute Gasteiger partial charge is 0.0181 e. The monoisotopic (exact) mass is 240 g/mol. The van der Waals surface area contributed by atoms with Gasteiger partial charge in [-0.1, -0.05) is 76.1 Å². The standard InChI is InChI=1S/C18H24/c1-4-7-17(14(2)3)12-15-10-11-16-8-5-6-9-18(16)13-15/h5-6,8-11,13-14,17H,4,7,12H2,1-3H3. The van der Waals surface area contributed by atoms with Crippen molar-refractivity contribution in [2.75, 3.05) is 0 Å². The Morgan fingerprint density at radius 1 is 0.944 bits per heavy atom. The van der Waals surface area contributed by atoms with Gasteiger partial charge in [-0.15, -0.1) is 0 Å². The van der Waals surface area contributed by atoms with Gasteiger partial charge in [-0.2, -0.15) is 0 Å². The van der Waals surface area contributed by atoms with Crippen LogP contribution in [0.5, 0.6) is 0 Å². The molecule has 0 nitrogen and oxygen atoms in total. The molecule has 2 aromatic carbocycles. The normalized spacial score (nSPS) is 13.1. The van der Waals surface area contributed by atoms with E-state index in [9.17, 15) is 0 Å². The molecular formula is C18H24. The molecule has 0 amide bonds. The second-order valence-electron chi connectivity index (χ2n) is 5.68. The first-order valence-electron chi connectivity index (χ1n) is 7.18. The van der Waals surface area contributed by atoms with Gasteiger partial charge in [0, 0.05) is 0 Å². The van der Waals surface area contributed by atoms with Crippen LogP contribution in [0, 0.1) is 11.8 Å². The van der Waals surface area contributed by atoms with Crippen LogP contribution in [0.3, 0.4) is 0 Å². The third-order valence-electron chi connectivity index (χ3n) is 3.91. The minimum absolute atomic E-state index is 0.774. The topological polar surface area (TPSA) is 0 Å². The molecule has 0 bridgehead atoms. The summed E-state index contributed by atoms with van der Waals surface area (Å²) in [4.78, 5) is 0. The first-order valence-corrected chi connectivity index (χ1v) is 7.18. The second kappa shape index (κ2) is 6.04. The highest BCUT2D eigenvalue weighted by Crippen LogP contribution is 2.24. The zero-order valence-corrected chi connectivity index (χ0v) is 11.8. The number of fused-ring (bicyclic) bond motifs is 1. The molecule has 0 saturated carbocycles. The van der Waals surface area contributed by atoms with Gasteiger partial charge in [-0.05, 0) is 34.6 Å². The van der Waals surface area contributed by atoms with Gasteiger partial charge < -0.3 is 0 Å². The number of rotatable bonds is 5. The van der Waals surface area contributed by atoms with Gasteiger partial charge in [0.2, 0.25) is 0 Å². The van der Waals surface area contributed by atoms with Crippen molar-refractivity contribution < 1.29 is 0 Å². The van der Waals surface area contributed by atoms with Crippen molar-refractivity contribution in [3.63, 3.8) is 0 Å². The first-order chi connectivity index (χ1) is 8.70. The van der Waals surface area contributed by atoms with Crippen molar-refractivity contribution in [3.8, 4) is 0 Å². The fourth-order valence-corrected chi connectivity index (χ4v) is 2.71. The summed E-state index contributed by atoms with van der Waals surface area (Å²) in [7, 11) is 0. The zero-order chi connectivity index (χ0) is 13.0. The molecular weight excluding hydrogens is 216 g/mol. The molecule has 2 rings (SSSR count). The number of hydrogen-bond acceptors (Lipinski definition) is 0. The van der Waals surface area contributed by atoms with Gasteiger partial charge in [0.25, 0.3) is 0 Å². The predicted molar refractivity (Wildman–Crippen MR) is 80.9 cm³/mol. The lowest BCUT2D eigenvalue weighted by Crippen LogP contribution is -2.11. The Kier molecular flexibility index (Phi) is 4.41. The summed E-state index contributed by atoms with van der Waals surface area (Å²) in [6.07, 6.45) is 3.84. The van der Waals surface area contributed by atoms with Crippen LogP contribution < -0.4 is 0 Å². The van der Waals surface area contributed by atoms with Crippen LogP contribution in [0.25, 0.3) is 10.8 Å². The van der Waals surface area contributed by atoms with Crippen molar-refractivity contribution in [1.29, 1.82) is 0 Å². The van der Waals surface area contributed by atoms with Gasteiger partial charge >= 0.3 is 0 Å². The molecule has 0 spiro atoms. The third kappa shape index (κ3) is 3.13. The van der Waals surface area contributed by atoms with Crippen LogP contribution in [0.2, 0.25) is 0 Å². The Hall–Kier alpha value is -1.30. The van der Waals surface area contributed by atoms with Crippen molar-refractivity contribution >= 4 is 10.8 Å². The molecule has 1 unspecified atom stereocenters. The highest BCUT2D eigenvalue weighted by atomic mass is 14.2. The SMILES string of the molecule is CCCC(Cc1ccc2ccccc2c1)C(C)C. The zero-order valence-electron chi connectivity index (χ0n) is 11.8. The van der Waals surface area contributed by atoms with Gasteiger partial charge in [-0.25, -0.2) is 0 Å². The van der Waals surface area contributed by atoms with E-state index in [1.54, 1.807) is 0 Å². The summed E-state index contributed by atoms with van der Waals surface area (Å²) in [5, 5.41) is 2.71. The summed E-state index contributed by atoms with van der Waals surface area (Å²) in [5.41, 5.74) is 1.49. The molecule has 0 aromatic heterocycles. The fraction of sp³-hybridized carbons (Fsp3) is 0.444. The largest absolute Gasteiger partial charge is 0.0654 e. The molecule has 0 N–H and O–H groups in total. The molecule has 0 fully saturated rings. The van der Waals surface area contributed by atoms with Crippen LogP contribution in [0.1, 0.15) is 39.2 Å². The summed E-state index contributed by atoms with van der Waals surface area (Å²) in [6, 6.07) is 15.5. The Morgan fingerprint density at radius 3 is 2.33 bits per heavy atom. The molecule has 0 saturated heterocycles. The molecule has 0 radical (unpaired) electrons. The molecule has 0 aliphatic rings. The average Bonchev–Trinajstić information content (AvgIpc) is 2.38. The van der Waals surface area contributed by atoms with E-state index in [4.69, 9.17) is 0 Å². The van der Waals surface area contributed by atoms with E-state index >= 15 is 0 Å². The van der Waals surface area contributed by atoms with E-state index < -0.39 is 0 Å². The van der Waals surface area contributed by atoms with Crippen LogP contribution in [-0.4, -0.2) is 0 Å².